The summed E-state index contributed by atoms with van der Waals surface area (Å²) in [4.78, 5) is 25.2. The van der Waals surface area contributed by atoms with Crippen molar-refractivity contribution in [3.63, 3.8) is 0 Å². The summed E-state index contributed by atoms with van der Waals surface area (Å²) in [7, 11) is 1.76. The first-order valence-corrected chi connectivity index (χ1v) is 11.7. The number of rotatable bonds is 5. The number of nitrogens with zero attached hydrogens (tertiary/aromatic N) is 4. The summed E-state index contributed by atoms with van der Waals surface area (Å²) in [5, 5.41) is 0.395. The maximum atomic E-state index is 13.0. The van der Waals surface area contributed by atoms with Gasteiger partial charge in [0, 0.05) is 42.7 Å². The number of pyridine rings is 1. The van der Waals surface area contributed by atoms with Gasteiger partial charge >= 0.3 is 0 Å². The van der Waals surface area contributed by atoms with Crippen LogP contribution >= 0.6 is 23.4 Å². The molecule has 0 unspecified atom stereocenters. The van der Waals surface area contributed by atoms with Crippen molar-refractivity contribution in [2.24, 2.45) is 18.2 Å². The molecule has 0 amide bonds. The van der Waals surface area contributed by atoms with Crippen LogP contribution in [0.2, 0.25) is 5.02 Å². The molecule has 0 aromatic carbocycles. The van der Waals surface area contributed by atoms with E-state index in [9.17, 15) is 4.79 Å². The SMILES string of the molecule is CCOc1nccc(Sc2cnc(N3CCC4(CC3)CO[C@@H](C)[C@H]4N)n(C)c2=O)c1Cl. The van der Waals surface area contributed by atoms with E-state index in [4.69, 9.17) is 26.8 Å². The Balaban J connectivity index is 1.51. The molecule has 31 heavy (non-hydrogen) atoms. The number of anilines is 1. The lowest BCUT2D eigenvalue weighted by Crippen LogP contribution is -2.51. The molecular weight excluding hydrogens is 438 g/mol. The largest absolute Gasteiger partial charge is 0.477 e. The molecule has 0 bridgehead atoms. The molecule has 0 aliphatic carbocycles. The Kier molecular flexibility index (Phi) is 6.48. The highest BCUT2D eigenvalue weighted by molar-refractivity contribution is 7.99. The van der Waals surface area contributed by atoms with Crippen LogP contribution in [0.5, 0.6) is 5.88 Å². The van der Waals surface area contributed by atoms with Crippen molar-refractivity contribution >= 4 is 29.3 Å². The Morgan fingerprint density at radius 1 is 1.35 bits per heavy atom. The molecule has 4 heterocycles. The maximum Gasteiger partial charge on any atom is 0.268 e. The topological polar surface area (TPSA) is 95.5 Å². The minimum Gasteiger partial charge on any atom is -0.477 e. The van der Waals surface area contributed by atoms with Crippen LogP contribution in [-0.2, 0) is 11.8 Å². The molecule has 1 spiro atoms. The summed E-state index contributed by atoms with van der Waals surface area (Å²) in [5.74, 6) is 1.03. The molecule has 2 aromatic heterocycles. The number of hydrogen-bond acceptors (Lipinski definition) is 8. The van der Waals surface area contributed by atoms with E-state index in [0.717, 1.165) is 25.9 Å². The Morgan fingerprint density at radius 3 is 2.74 bits per heavy atom. The molecule has 2 aromatic rings. The predicted molar refractivity (Wildman–Crippen MR) is 121 cm³/mol. The third-order valence-corrected chi connectivity index (χ3v) is 7.86. The van der Waals surface area contributed by atoms with Crippen LogP contribution in [-0.4, -0.2) is 53.0 Å². The summed E-state index contributed by atoms with van der Waals surface area (Å²) in [6, 6.07) is 1.82. The number of piperidine rings is 1. The zero-order valence-corrected chi connectivity index (χ0v) is 19.6. The van der Waals surface area contributed by atoms with Crippen molar-refractivity contribution < 1.29 is 9.47 Å². The maximum absolute atomic E-state index is 13.0. The van der Waals surface area contributed by atoms with Crippen molar-refractivity contribution in [1.82, 2.24) is 14.5 Å². The second-order valence-corrected chi connectivity index (χ2v) is 9.60. The highest BCUT2D eigenvalue weighted by Gasteiger charge is 2.47. The molecule has 2 saturated heterocycles. The number of nitrogens with two attached hydrogens (primary N) is 1. The molecular formula is C21H28ClN5O3S. The van der Waals surface area contributed by atoms with Gasteiger partial charge in [-0.1, -0.05) is 23.4 Å². The standard InChI is InChI=1S/C21H28ClN5O3S/c1-4-29-18-16(22)14(5-8-24-18)31-15-11-25-20(26(3)19(15)28)27-9-6-21(7-10-27)12-30-13(2)17(21)23/h5,8,11,13,17H,4,6-7,9-10,12,23H2,1-3H3/t13-,17+/m0/s1. The van der Waals surface area contributed by atoms with Crippen LogP contribution in [0.15, 0.2) is 33.0 Å². The van der Waals surface area contributed by atoms with Gasteiger partial charge in [-0.2, -0.15) is 0 Å². The van der Waals surface area contributed by atoms with Gasteiger partial charge < -0.3 is 20.1 Å². The number of ether oxygens (including phenoxy) is 2. The van der Waals surface area contributed by atoms with Crippen LogP contribution in [0, 0.1) is 5.41 Å². The van der Waals surface area contributed by atoms with Crippen molar-refractivity contribution in [1.29, 1.82) is 0 Å². The van der Waals surface area contributed by atoms with Gasteiger partial charge in [-0.05, 0) is 32.8 Å². The molecule has 8 nitrogen and oxygen atoms in total. The Labute approximate surface area is 191 Å². The first kappa shape index (κ1) is 22.4. The lowest BCUT2D eigenvalue weighted by molar-refractivity contribution is 0.0973. The molecule has 4 rings (SSSR count). The fourth-order valence-electron chi connectivity index (χ4n) is 4.35. The van der Waals surface area contributed by atoms with Crippen molar-refractivity contribution in [3.05, 3.63) is 33.8 Å². The summed E-state index contributed by atoms with van der Waals surface area (Å²) in [6.45, 7) is 6.68. The van der Waals surface area contributed by atoms with Gasteiger partial charge in [-0.15, -0.1) is 0 Å². The lowest BCUT2D eigenvalue weighted by atomic mass is 9.73. The second kappa shape index (κ2) is 8.97. The molecule has 2 aliphatic heterocycles. The highest BCUT2D eigenvalue weighted by atomic mass is 35.5. The van der Waals surface area contributed by atoms with Crippen LogP contribution in [0.4, 0.5) is 5.95 Å². The highest BCUT2D eigenvalue weighted by Crippen LogP contribution is 2.42. The van der Waals surface area contributed by atoms with E-state index in [2.05, 4.69) is 14.9 Å². The summed E-state index contributed by atoms with van der Waals surface area (Å²) in [6.07, 6.45) is 5.19. The third-order valence-electron chi connectivity index (χ3n) is 6.32. The van der Waals surface area contributed by atoms with E-state index < -0.39 is 0 Å². The molecule has 2 atom stereocenters. The Morgan fingerprint density at radius 2 is 2.10 bits per heavy atom. The molecule has 2 fully saturated rings. The molecule has 0 saturated carbocycles. The monoisotopic (exact) mass is 465 g/mol. The minimum atomic E-state index is -0.115. The van der Waals surface area contributed by atoms with E-state index in [1.807, 2.05) is 13.8 Å². The van der Waals surface area contributed by atoms with Crippen molar-refractivity contribution in [3.8, 4) is 5.88 Å². The van der Waals surface area contributed by atoms with Crippen LogP contribution in [0.25, 0.3) is 0 Å². The predicted octanol–water partition coefficient (Wildman–Crippen LogP) is 2.71. The molecule has 2 N–H and O–H groups in total. The van der Waals surface area contributed by atoms with E-state index in [-0.39, 0.29) is 23.1 Å². The van der Waals surface area contributed by atoms with Gasteiger partial charge in [0.05, 0.1) is 30.4 Å². The zero-order chi connectivity index (χ0) is 22.2. The van der Waals surface area contributed by atoms with Crippen molar-refractivity contribution in [2.45, 2.75) is 48.6 Å². The fourth-order valence-corrected chi connectivity index (χ4v) is 5.50. The van der Waals surface area contributed by atoms with Gasteiger partial charge in [0.25, 0.3) is 5.56 Å². The van der Waals surface area contributed by atoms with E-state index >= 15 is 0 Å². The van der Waals surface area contributed by atoms with Gasteiger partial charge in [0.1, 0.15) is 5.02 Å². The normalized spacial score (nSPS) is 22.8. The second-order valence-electron chi connectivity index (χ2n) is 8.14. The van der Waals surface area contributed by atoms with Crippen LogP contribution in [0.3, 0.4) is 0 Å². The van der Waals surface area contributed by atoms with E-state index in [1.54, 1.807) is 30.1 Å². The van der Waals surface area contributed by atoms with Gasteiger partial charge in [-0.3, -0.25) is 9.36 Å². The smallest absolute Gasteiger partial charge is 0.268 e. The average molecular weight is 466 g/mol. The van der Waals surface area contributed by atoms with Crippen LogP contribution in [0.1, 0.15) is 26.7 Å². The third kappa shape index (κ3) is 4.16. The molecule has 0 radical (unpaired) electrons. The fraction of sp³-hybridized carbons (Fsp3) is 0.571. The zero-order valence-electron chi connectivity index (χ0n) is 18.0. The van der Waals surface area contributed by atoms with Gasteiger partial charge in [-0.25, -0.2) is 9.97 Å². The number of hydrogen-bond donors (Lipinski definition) is 1. The lowest BCUT2D eigenvalue weighted by Gasteiger charge is -2.41. The number of aromatic nitrogens is 3. The van der Waals surface area contributed by atoms with Crippen molar-refractivity contribution in [2.75, 3.05) is 31.2 Å². The van der Waals surface area contributed by atoms with E-state index in [1.165, 1.54) is 11.8 Å². The molecule has 2 aliphatic rings. The summed E-state index contributed by atoms with van der Waals surface area (Å²) in [5.41, 5.74) is 6.33. The summed E-state index contributed by atoms with van der Waals surface area (Å²) < 4.78 is 12.9. The first-order chi connectivity index (χ1) is 14.9. The number of halogens is 1. The van der Waals surface area contributed by atoms with Gasteiger partial charge in [0.15, 0.2) is 0 Å². The Bertz CT molecular complexity index is 1010. The molecule has 10 heteroatoms. The van der Waals surface area contributed by atoms with Crippen LogP contribution < -0.4 is 20.9 Å². The molecule has 168 valence electrons. The Hall–Kier alpha value is -1.81. The summed E-state index contributed by atoms with van der Waals surface area (Å²) >= 11 is 7.66. The minimum absolute atomic E-state index is 0.0287. The van der Waals surface area contributed by atoms with Gasteiger partial charge in [0.2, 0.25) is 11.8 Å². The quantitative estimate of drug-likeness (QED) is 0.720. The average Bonchev–Trinajstić information content (AvgIpc) is 3.04. The first-order valence-electron chi connectivity index (χ1n) is 10.5. The van der Waals surface area contributed by atoms with E-state index in [0.29, 0.717) is 39.9 Å².